The molecule has 0 spiro atoms. The number of halogens is 3. The summed E-state index contributed by atoms with van der Waals surface area (Å²) < 4.78 is 22.1. The lowest BCUT2D eigenvalue weighted by Crippen LogP contribution is -2.58. The van der Waals surface area contributed by atoms with Crippen LogP contribution in [0.15, 0.2) is 17.2 Å². The average molecular weight is 659 g/mol. The van der Waals surface area contributed by atoms with E-state index in [1.165, 1.54) is 0 Å². The number of hydrogen-bond donors (Lipinski definition) is 3. The molecular formula is C26H30Cl3N7O5S. The highest BCUT2D eigenvalue weighted by Gasteiger charge is 2.37. The van der Waals surface area contributed by atoms with Crippen LogP contribution in [0.25, 0.3) is 0 Å². The first-order valence-electron chi connectivity index (χ1n) is 13.2. The maximum Gasteiger partial charge on any atom is 0.409 e. The largest absolute Gasteiger partial charge is 0.487 e. The molecule has 42 heavy (non-hydrogen) atoms. The Balaban J connectivity index is 1.30. The van der Waals surface area contributed by atoms with E-state index < -0.39 is 32.5 Å². The first kappa shape index (κ1) is 30.7. The number of fused-ring (bicyclic) bond motifs is 4. The van der Waals surface area contributed by atoms with Gasteiger partial charge < -0.3 is 29.7 Å². The van der Waals surface area contributed by atoms with Crippen molar-refractivity contribution >= 4 is 69.3 Å². The van der Waals surface area contributed by atoms with Gasteiger partial charge in [0.1, 0.15) is 23.9 Å². The van der Waals surface area contributed by atoms with Crippen molar-refractivity contribution in [2.75, 3.05) is 53.7 Å². The number of hydrogen-bond acceptors (Lipinski definition) is 11. The summed E-state index contributed by atoms with van der Waals surface area (Å²) in [4.78, 5) is 31.2. The predicted octanol–water partition coefficient (Wildman–Crippen LogP) is 2.60. The number of aryl methyl sites for hydroxylation is 1. The third-order valence-electron chi connectivity index (χ3n) is 6.83. The summed E-state index contributed by atoms with van der Waals surface area (Å²) in [6.07, 6.45) is -0.409. The Hall–Kier alpha value is -2.76. The number of nitrogens with zero attached hydrogens (tertiary/aromatic N) is 5. The fraction of sp³-hybridized carbons (Fsp3) is 0.538. The van der Waals surface area contributed by atoms with Crippen molar-refractivity contribution in [3.63, 3.8) is 0 Å². The molecule has 0 aromatic carbocycles. The zero-order valence-corrected chi connectivity index (χ0v) is 26.2. The van der Waals surface area contributed by atoms with Gasteiger partial charge in [-0.05, 0) is 20.8 Å². The van der Waals surface area contributed by atoms with E-state index in [4.69, 9.17) is 54.2 Å². The molecule has 1 unspecified atom stereocenters. The molecule has 226 valence electrons. The molecule has 0 radical (unpaired) electrons. The number of carbonyl (C=O) groups excluding carboxylic acids is 1. The lowest BCUT2D eigenvalue weighted by atomic mass is 10.1. The zero-order valence-electron chi connectivity index (χ0n) is 23.1. The second-order valence-corrected chi connectivity index (χ2v) is 14.5. The van der Waals surface area contributed by atoms with Crippen LogP contribution in [-0.2, 0) is 22.0 Å². The number of ether oxygens (including phenoxy) is 2. The molecule has 2 aromatic rings. The Bertz CT molecular complexity index is 1460. The van der Waals surface area contributed by atoms with Gasteiger partial charge in [0, 0.05) is 49.6 Å². The van der Waals surface area contributed by atoms with E-state index in [9.17, 15) is 14.1 Å². The monoisotopic (exact) mass is 657 g/mol. The average Bonchev–Trinajstić information content (AvgIpc) is 3.31. The topological polar surface area (TPSA) is 142 Å². The summed E-state index contributed by atoms with van der Waals surface area (Å²) in [5.41, 5.74) is 0.687. The van der Waals surface area contributed by atoms with Gasteiger partial charge in [-0.15, -0.1) is 5.92 Å². The van der Waals surface area contributed by atoms with Crippen molar-refractivity contribution in [2.24, 2.45) is 0 Å². The molecule has 3 aliphatic rings. The van der Waals surface area contributed by atoms with Gasteiger partial charge >= 0.3 is 6.09 Å². The number of nitrogens with one attached hydrogen (secondary N) is 2. The minimum Gasteiger partial charge on any atom is -0.487 e. The van der Waals surface area contributed by atoms with Crippen molar-refractivity contribution in [1.29, 1.82) is 0 Å². The summed E-state index contributed by atoms with van der Waals surface area (Å²) in [5, 5.41) is 15.1. The molecular weight excluding hydrogens is 629 g/mol. The van der Waals surface area contributed by atoms with Gasteiger partial charge in [-0.25, -0.2) is 14.8 Å². The predicted molar refractivity (Wildman–Crippen MR) is 161 cm³/mol. The molecule has 0 saturated carbocycles. The molecule has 5 heterocycles. The van der Waals surface area contributed by atoms with E-state index >= 15 is 0 Å². The van der Waals surface area contributed by atoms with Gasteiger partial charge in [-0.3, -0.25) is 9.53 Å². The highest BCUT2D eigenvalue weighted by Crippen LogP contribution is 2.36. The van der Waals surface area contributed by atoms with Crippen LogP contribution < -0.4 is 25.2 Å². The third kappa shape index (κ3) is 6.73. The van der Waals surface area contributed by atoms with E-state index in [1.807, 2.05) is 6.07 Å². The van der Waals surface area contributed by atoms with Crippen molar-refractivity contribution in [3.05, 3.63) is 23.5 Å². The van der Waals surface area contributed by atoms with Gasteiger partial charge in [0.25, 0.3) is 0 Å². The zero-order chi connectivity index (χ0) is 30.2. The van der Waals surface area contributed by atoms with Gasteiger partial charge in [-0.2, -0.15) is 4.98 Å². The molecule has 12 nitrogen and oxygen atoms in total. The molecule has 0 aliphatic carbocycles. The van der Waals surface area contributed by atoms with Crippen LogP contribution in [0.5, 0.6) is 5.75 Å². The van der Waals surface area contributed by atoms with Gasteiger partial charge in [-0.1, -0.05) is 40.7 Å². The Morgan fingerprint density at radius 1 is 1.33 bits per heavy atom. The van der Waals surface area contributed by atoms with Crippen molar-refractivity contribution in [3.8, 4) is 17.6 Å². The van der Waals surface area contributed by atoms with Crippen LogP contribution >= 0.6 is 34.8 Å². The van der Waals surface area contributed by atoms with Crippen LogP contribution in [0.4, 0.5) is 22.4 Å². The number of carbonyl (C=O) groups is 1. The number of alkyl carbamates (subject to hydrolysis) is 1. The number of pyridine rings is 1. The van der Waals surface area contributed by atoms with Crippen LogP contribution in [0.1, 0.15) is 32.0 Å². The fourth-order valence-corrected chi connectivity index (χ4v) is 6.33. The minimum atomic E-state index is -2.11. The first-order chi connectivity index (χ1) is 19.8. The van der Waals surface area contributed by atoms with Crippen molar-refractivity contribution < 1.29 is 23.6 Å². The molecule has 1 fully saturated rings. The maximum absolute atomic E-state index is 12.9. The molecule has 0 bridgehead atoms. The quantitative estimate of drug-likeness (QED) is 0.240. The number of anilines is 3. The second-order valence-electron chi connectivity index (χ2n) is 10.6. The smallest absolute Gasteiger partial charge is 0.409 e. The second kappa shape index (κ2) is 12.1. The van der Waals surface area contributed by atoms with Crippen LogP contribution in [0.3, 0.4) is 0 Å². The number of amides is 1. The molecule has 1 amide bonds. The highest BCUT2D eigenvalue weighted by atomic mass is 35.6. The number of alkyl halides is 3. The summed E-state index contributed by atoms with van der Waals surface area (Å²) in [6, 6.07) is 1.96. The molecule has 3 atom stereocenters. The van der Waals surface area contributed by atoms with Crippen LogP contribution in [0, 0.1) is 11.8 Å². The first-order valence-corrected chi connectivity index (χ1v) is 15.6. The Labute approximate surface area is 260 Å². The molecule has 16 heteroatoms. The Morgan fingerprint density at radius 3 is 2.86 bits per heavy atom. The number of piperazine rings is 1. The number of aliphatic hydroxyl groups excluding tert-OH is 1. The molecule has 2 aromatic heterocycles. The highest BCUT2D eigenvalue weighted by molar-refractivity contribution is 7.85. The standard InChI is InChI=1S/C26H30Cl3N7O5S/c1-4-5-15-10-18-21(30-11-15)36-8-7-35(12-16(36)13-40-18)23-31-17-6-9-42(39)19(17)20(32-23)34-25(2,3)14-41-24(38)33-22(37)26(27,28)29/h10-11,16,22,37H,6-9,12-14H2,1-3H3,(H,33,38)(H,31,32,34)/t16-,22?,42+/m0/s1. The fourth-order valence-electron chi connectivity index (χ4n) is 4.86. The molecule has 3 aliphatic heterocycles. The summed E-state index contributed by atoms with van der Waals surface area (Å²) in [5.74, 6) is 8.80. The Morgan fingerprint density at radius 2 is 2.12 bits per heavy atom. The van der Waals surface area contributed by atoms with Gasteiger partial charge in [0.05, 0.1) is 28.1 Å². The number of aliphatic hydroxyl groups is 1. The summed E-state index contributed by atoms with van der Waals surface area (Å²) >= 11 is 16.7. The van der Waals surface area contributed by atoms with E-state index in [1.54, 1.807) is 27.0 Å². The summed E-state index contributed by atoms with van der Waals surface area (Å²) in [7, 11) is -1.27. The molecule has 5 rings (SSSR count). The lowest BCUT2D eigenvalue weighted by molar-refractivity contribution is 0.0913. The van der Waals surface area contributed by atoms with Gasteiger partial charge in [0.2, 0.25) is 9.74 Å². The normalized spacial score (nSPS) is 20.3. The Kier molecular flexibility index (Phi) is 8.83. The molecule has 1 saturated heterocycles. The number of aromatic nitrogens is 3. The van der Waals surface area contributed by atoms with E-state index in [0.717, 1.165) is 22.8 Å². The van der Waals surface area contributed by atoms with E-state index in [-0.39, 0.29) is 12.6 Å². The minimum absolute atomic E-state index is 0.0376. The maximum atomic E-state index is 12.9. The van der Waals surface area contributed by atoms with Crippen LogP contribution in [-0.4, -0.2) is 90.6 Å². The molecule has 3 N–H and O–H groups in total. The van der Waals surface area contributed by atoms with Gasteiger partial charge in [0.15, 0.2) is 17.8 Å². The number of rotatable bonds is 6. The van der Waals surface area contributed by atoms with Crippen molar-refractivity contribution in [2.45, 2.75) is 53.7 Å². The van der Waals surface area contributed by atoms with Crippen molar-refractivity contribution in [1.82, 2.24) is 20.3 Å². The third-order valence-corrected chi connectivity index (χ3v) is 8.91. The van der Waals surface area contributed by atoms with E-state index in [0.29, 0.717) is 55.1 Å². The van der Waals surface area contributed by atoms with Crippen LogP contribution in [0.2, 0.25) is 0 Å². The lowest BCUT2D eigenvalue weighted by Gasteiger charge is -2.44. The van der Waals surface area contributed by atoms with E-state index in [2.05, 4.69) is 37.3 Å². The summed E-state index contributed by atoms with van der Waals surface area (Å²) in [6.45, 7) is 7.65. The SMILES string of the molecule is CC#Cc1cnc2c(c1)OC[C@@H]1CN(c3nc4c(c(NC(C)(C)COC(=O)NC(O)C(Cl)(Cl)Cl)n3)[S@](=O)CC4)CCN21.